The van der Waals surface area contributed by atoms with Crippen LogP contribution in [0.3, 0.4) is 0 Å². The van der Waals surface area contributed by atoms with Crippen molar-refractivity contribution in [3.63, 3.8) is 0 Å². The van der Waals surface area contributed by atoms with Gasteiger partial charge in [-0.25, -0.2) is 4.98 Å². The normalized spacial score (nSPS) is 14.4. The van der Waals surface area contributed by atoms with Gasteiger partial charge in [-0.3, -0.25) is 62.3 Å². The molecule has 6 amide bonds. The second-order valence-electron chi connectivity index (χ2n) is 25.4. The van der Waals surface area contributed by atoms with E-state index in [0.29, 0.717) is 22.5 Å². The van der Waals surface area contributed by atoms with Crippen LogP contribution in [-0.2, 0) is 75.1 Å². The molecule has 5 aromatic rings. The Morgan fingerprint density at radius 1 is 0.556 bits per heavy atom. The van der Waals surface area contributed by atoms with Crippen molar-refractivity contribution in [1.29, 1.82) is 0 Å². The number of aromatic hydroxyl groups is 2. The molecule has 0 spiro atoms. The van der Waals surface area contributed by atoms with E-state index in [1.54, 1.807) is 37.4 Å². The van der Waals surface area contributed by atoms with E-state index < -0.39 is 119 Å². The van der Waals surface area contributed by atoms with Crippen LogP contribution in [0, 0.1) is 35.5 Å². The lowest BCUT2D eigenvalue weighted by molar-refractivity contribution is -0.147. The molecular formula is C74H94N8O16S. The number of aromatic nitrogens is 1. The third-order valence-electron chi connectivity index (χ3n) is 17.4. The lowest BCUT2D eigenvalue weighted by Crippen LogP contribution is -2.47. The Bertz CT molecular complexity index is 3600. The highest BCUT2D eigenvalue weighted by atomic mass is 32.1. The summed E-state index contributed by atoms with van der Waals surface area (Å²) in [5.74, 6) is -10.7. The SMILES string of the molecule is CC(=O)[C@H](C)NC(=O)[C@H](C)CC(=O)[C@H](Cc1ccc(O)cc1)NC(=O)CCC(=O)[C@H](C)NC(=O)[C@H](C)CC(=O)[C@H](Cc1ccc(O)cc1)[C@H](C)C(=O)NCC(=O)[C@H](C)NC(=O)[C@H](C)CC(=O)OCC1c2ccccc2-c2ccccc21.CC[C@@H](C)C(=O)NCCCNc1ncc(C=O)s1. The van der Waals surface area contributed by atoms with E-state index in [0.717, 1.165) is 53.1 Å². The van der Waals surface area contributed by atoms with Gasteiger partial charge >= 0.3 is 5.97 Å². The smallest absolute Gasteiger partial charge is 0.306 e. The molecule has 1 aliphatic rings. The van der Waals surface area contributed by atoms with Gasteiger partial charge < -0.3 is 52.2 Å². The lowest BCUT2D eigenvalue weighted by atomic mass is 9.81. The monoisotopic (exact) mass is 1380 g/mol. The van der Waals surface area contributed by atoms with E-state index in [1.807, 2.05) is 62.4 Å². The fourth-order valence-corrected chi connectivity index (χ4v) is 11.3. The van der Waals surface area contributed by atoms with Crippen LogP contribution in [-0.4, -0.2) is 142 Å². The molecule has 1 aliphatic carbocycles. The third-order valence-corrected chi connectivity index (χ3v) is 18.3. The molecule has 10 atom stereocenters. The van der Waals surface area contributed by atoms with Crippen LogP contribution in [0.1, 0.15) is 152 Å². The van der Waals surface area contributed by atoms with Gasteiger partial charge in [0.25, 0.3) is 0 Å². The maximum absolute atomic E-state index is 14.1. The molecule has 0 aliphatic heterocycles. The fourth-order valence-electron chi connectivity index (χ4n) is 10.7. The average Bonchev–Trinajstić information content (AvgIpc) is 1.62. The van der Waals surface area contributed by atoms with Gasteiger partial charge in [0.15, 0.2) is 34.6 Å². The zero-order chi connectivity index (χ0) is 73.0. The maximum Gasteiger partial charge on any atom is 0.306 e. The Morgan fingerprint density at radius 3 is 1.61 bits per heavy atom. The van der Waals surface area contributed by atoms with Crippen molar-refractivity contribution in [2.45, 2.75) is 157 Å². The van der Waals surface area contributed by atoms with Gasteiger partial charge in [-0.1, -0.05) is 126 Å². The van der Waals surface area contributed by atoms with Gasteiger partial charge in [0, 0.05) is 80.2 Å². The Morgan fingerprint density at radius 2 is 1.07 bits per heavy atom. The number of carbonyl (C=O) groups is 13. The number of anilines is 1. The van der Waals surface area contributed by atoms with Gasteiger partial charge in [-0.15, -0.1) is 0 Å². The number of fused-ring (bicyclic) bond motifs is 3. The molecule has 0 radical (unpaired) electrons. The summed E-state index contributed by atoms with van der Waals surface area (Å²) in [5.41, 5.74) is 5.44. The lowest BCUT2D eigenvalue weighted by Gasteiger charge is -2.24. The number of hydrogen-bond acceptors (Lipinski definition) is 19. The molecule has 1 heterocycles. The third kappa shape index (κ3) is 25.5. The van der Waals surface area contributed by atoms with Crippen molar-refractivity contribution in [2.24, 2.45) is 35.5 Å². The number of ketones is 5. The summed E-state index contributed by atoms with van der Waals surface area (Å²) in [5, 5.41) is 39.4. The summed E-state index contributed by atoms with van der Waals surface area (Å²) >= 11 is 1.33. The Balaban J connectivity index is 0.000000849. The largest absolute Gasteiger partial charge is 0.508 e. The van der Waals surface area contributed by atoms with E-state index in [2.05, 4.69) is 42.2 Å². The summed E-state index contributed by atoms with van der Waals surface area (Å²) < 4.78 is 5.66. The molecule has 0 unspecified atom stereocenters. The minimum Gasteiger partial charge on any atom is -0.508 e. The summed E-state index contributed by atoms with van der Waals surface area (Å²) in [6.45, 7) is 16.6. The number of nitrogens with zero attached hydrogens (tertiary/aromatic N) is 1. The highest BCUT2D eigenvalue weighted by molar-refractivity contribution is 7.17. The molecule has 25 heteroatoms. The van der Waals surface area contributed by atoms with Crippen molar-refractivity contribution < 1.29 is 77.3 Å². The quantitative estimate of drug-likeness (QED) is 0.0106. The first-order valence-corrected chi connectivity index (χ1v) is 34.2. The molecule has 1 aromatic heterocycles. The number of carbonyl (C=O) groups excluding carboxylic acids is 13. The first-order chi connectivity index (χ1) is 47.0. The Kier molecular flexibility index (Phi) is 31.9. The second-order valence-corrected chi connectivity index (χ2v) is 26.5. The molecule has 6 rings (SSSR count). The summed E-state index contributed by atoms with van der Waals surface area (Å²) in [7, 11) is 0. The molecular weight excluding hydrogens is 1290 g/mol. The van der Waals surface area contributed by atoms with E-state index in [1.165, 1.54) is 84.1 Å². The molecule has 0 saturated carbocycles. The molecule has 4 aromatic carbocycles. The average molecular weight is 1380 g/mol. The van der Waals surface area contributed by atoms with E-state index >= 15 is 0 Å². The van der Waals surface area contributed by atoms with Crippen molar-refractivity contribution in [3.8, 4) is 22.6 Å². The van der Waals surface area contributed by atoms with Crippen LogP contribution in [0.15, 0.2) is 103 Å². The molecule has 24 nitrogen and oxygen atoms in total. The fraction of sp³-hybridized carbons (Fsp3) is 0.459. The molecule has 0 saturated heterocycles. The zero-order valence-corrected chi connectivity index (χ0v) is 58.7. The predicted octanol–water partition coefficient (Wildman–Crippen LogP) is 7.25. The van der Waals surface area contributed by atoms with Gasteiger partial charge in [0.1, 0.15) is 23.9 Å². The van der Waals surface area contributed by atoms with Gasteiger partial charge in [-0.2, -0.15) is 0 Å². The number of phenolic OH excluding ortho intramolecular Hbond substituents is 2. The van der Waals surface area contributed by atoms with E-state index in [9.17, 15) is 72.5 Å². The number of amides is 6. The zero-order valence-electron chi connectivity index (χ0n) is 57.9. The number of benzene rings is 4. The minimum absolute atomic E-state index is 0.0103. The molecule has 0 bridgehead atoms. The van der Waals surface area contributed by atoms with Gasteiger partial charge in [-0.05, 0) is 111 Å². The van der Waals surface area contributed by atoms with Gasteiger partial charge in [0.05, 0.1) is 48.2 Å². The molecule has 9 N–H and O–H groups in total. The van der Waals surface area contributed by atoms with Crippen LogP contribution >= 0.6 is 11.3 Å². The molecule has 99 heavy (non-hydrogen) atoms. The van der Waals surface area contributed by atoms with Crippen LogP contribution in [0.25, 0.3) is 11.1 Å². The summed E-state index contributed by atoms with van der Waals surface area (Å²) in [6.07, 6.45) is 2.51. The number of phenols is 2. The van der Waals surface area contributed by atoms with E-state index in [-0.39, 0.29) is 86.6 Å². The van der Waals surface area contributed by atoms with Crippen molar-refractivity contribution in [3.05, 3.63) is 130 Å². The number of rotatable bonds is 39. The number of esters is 1. The number of ether oxygens (including phenoxy) is 1. The van der Waals surface area contributed by atoms with Crippen molar-refractivity contribution >= 4 is 93.1 Å². The van der Waals surface area contributed by atoms with Crippen LogP contribution in [0.4, 0.5) is 5.13 Å². The first-order valence-electron chi connectivity index (χ1n) is 33.4. The number of thiazole rings is 1. The highest BCUT2D eigenvalue weighted by Gasteiger charge is 2.35. The highest BCUT2D eigenvalue weighted by Crippen LogP contribution is 2.44. The van der Waals surface area contributed by atoms with Gasteiger partial charge in [0.2, 0.25) is 35.4 Å². The topological polar surface area (TPSA) is 369 Å². The number of nitrogens with one attached hydrogen (secondary N) is 7. The minimum atomic E-state index is -1.11. The molecule has 0 fully saturated rings. The summed E-state index contributed by atoms with van der Waals surface area (Å²) in [6, 6.07) is 23.8. The Hall–Kier alpha value is -9.78. The standard InChI is InChI=1S/C62H75N5O14.C12H19N3O2S/c1-34(60(78)65-39(6)53(71)25-26-57(75)67-52(31-43-19-23-45(70)24-20-43)55(73)28-35(2)59(77)64-38(5)41(8)68)27-54(72)50(30-42-17-21-44(69)22-18-42)37(4)62(80)63-32-56(74)40(7)66-61(79)36(3)29-58(76)81-33-51-48-15-11-9-13-46(48)47-14-10-12-16-49(47)51;1-3-9(2)11(17)13-5-4-6-14-12-15-7-10(8-16)18-12/h9-24,34-40,50-52,69-70H,25-33H2,1-8H3,(H,63,80)(H,64,77)(H,65,78)(H,66,79)(H,67,75);7-9H,3-6H2,1-2H3,(H,13,17)(H,14,15)/t34-,35-,36-,37+,38+,39+,40+,50-,52+;9-/m11/s1. The summed E-state index contributed by atoms with van der Waals surface area (Å²) in [4.78, 5) is 172. The number of Topliss-reactive ketones (excluding diaryl/α,β-unsaturated/α-hetero) is 5. The second kappa shape index (κ2) is 39.6. The Labute approximate surface area is 581 Å². The van der Waals surface area contributed by atoms with Crippen LogP contribution in [0.5, 0.6) is 11.5 Å². The van der Waals surface area contributed by atoms with Crippen LogP contribution in [0.2, 0.25) is 0 Å². The van der Waals surface area contributed by atoms with Crippen molar-refractivity contribution in [2.75, 3.05) is 31.6 Å². The number of hydrogen-bond donors (Lipinski definition) is 9. The maximum atomic E-state index is 14.1. The number of aldehydes is 1. The predicted molar refractivity (Wildman–Crippen MR) is 373 cm³/mol. The van der Waals surface area contributed by atoms with E-state index in [4.69, 9.17) is 4.74 Å². The van der Waals surface area contributed by atoms with Crippen LogP contribution < -0.4 is 37.2 Å². The first kappa shape index (κ1) is 79.9. The molecule has 532 valence electrons. The van der Waals surface area contributed by atoms with Crippen molar-refractivity contribution in [1.82, 2.24) is 36.9 Å².